The molecule has 9 aromatic heterocycles. The van der Waals surface area contributed by atoms with Crippen LogP contribution in [0.15, 0.2) is 92.0 Å². The van der Waals surface area contributed by atoms with Crippen molar-refractivity contribution in [1.29, 1.82) is 0 Å². The molecule has 0 fully saturated rings. The molecule has 22 nitrogen and oxygen atoms in total. The number of thiophene rings is 3. The molecule has 0 atom stereocenters. The van der Waals surface area contributed by atoms with E-state index in [-0.39, 0.29) is 70.3 Å². The first-order chi connectivity index (χ1) is 37.4. The zero-order valence-electron chi connectivity index (χ0n) is 45.6. The molecule has 27 heteroatoms. The van der Waals surface area contributed by atoms with E-state index < -0.39 is 22.9 Å². The lowest BCUT2D eigenvalue weighted by molar-refractivity contribution is 0.100. The van der Waals surface area contributed by atoms with Crippen molar-refractivity contribution in [3.8, 4) is 0 Å². The Morgan fingerprint density at radius 3 is 1.35 bits per heavy atom. The average Bonchev–Trinajstić information content (AvgIpc) is 4.31. The van der Waals surface area contributed by atoms with Crippen LogP contribution in [0.25, 0.3) is 36.6 Å². The maximum absolute atomic E-state index is 12.5. The zero-order valence-corrected chi connectivity index (χ0v) is 49.6. The van der Waals surface area contributed by atoms with Gasteiger partial charge in [-0.2, -0.15) is 0 Å². The number of carbonyl (C=O) groups is 5. The molecule has 428 valence electrons. The second-order valence-electron chi connectivity index (χ2n) is 20.2. The number of nitrogens with one attached hydrogen (secondary N) is 3. The van der Waals surface area contributed by atoms with Crippen molar-refractivity contribution < 1.29 is 46.9 Å². The van der Waals surface area contributed by atoms with Gasteiger partial charge in [-0.1, -0.05) is 74.6 Å². The second-order valence-corrected chi connectivity index (χ2v) is 25.1. The lowest BCUT2D eigenvalue weighted by Crippen LogP contribution is -2.30. The first-order valence-electron chi connectivity index (χ1n) is 24.0. The van der Waals surface area contributed by atoms with Crippen molar-refractivity contribution >= 4 is 154 Å². The van der Waals surface area contributed by atoms with Gasteiger partial charge in [-0.25, -0.2) is 38.7 Å². The number of amides is 6. The summed E-state index contributed by atoms with van der Waals surface area (Å²) in [5, 5.41) is 28.1. The van der Waals surface area contributed by atoms with Crippen molar-refractivity contribution in [1.82, 2.24) is 15.1 Å². The largest absolute Gasteiger partial charge is 0.508 e. The number of nitrogens with zero attached hydrogens (tertiary/aromatic N) is 6. The van der Waals surface area contributed by atoms with Gasteiger partial charge in [-0.15, -0.1) is 56.7 Å². The van der Waals surface area contributed by atoms with Crippen molar-refractivity contribution in [2.45, 2.75) is 93.4 Å². The van der Waals surface area contributed by atoms with Gasteiger partial charge >= 0.3 is 35.0 Å². The Bertz CT molecular complexity index is 3870. The van der Waals surface area contributed by atoms with Gasteiger partial charge in [0.15, 0.2) is 44.4 Å². The number of anilines is 6. The second kappa shape index (κ2) is 24.7. The lowest BCUT2D eigenvalue weighted by Gasteiger charge is -2.15. The number of thiazole rings is 2. The number of rotatable bonds is 10. The van der Waals surface area contributed by atoms with Gasteiger partial charge in [0.25, 0.3) is 0 Å². The molecule has 9 aromatic rings. The minimum atomic E-state index is -0.691. The van der Waals surface area contributed by atoms with Crippen molar-refractivity contribution in [3.05, 3.63) is 125 Å². The summed E-state index contributed by atoms with van der Waals surface area (Å²) in [6, 6.07) is 9.81. The zero-order chi connectivity index (χ0) is 58.9. The molecule has 0 radical (unpaired) electrons. The number of aliphatic hydroxyl groups excluding tert-OH is 1. The van der Waals surface area contributed by atoms with E-state index in [1.807, 2.05) is 45.4 Å². The minimum Gasteiger partial charge on any atom is -0.508 e. The Balaban J connectivity index is 0.000000195. The summed E-state index contributed by atoms with van der Waals surface area (Å²) in [4.78, 5) is 109. The summed E-state index contributed by atoms with van der Waals surface area (Å²) in [6.45, 7) is 22.1. The van der Waals surface area contributed by atoms with Crippen LogP contribution in [0.5, 0.6) is 0 Å². The quantitative estimate of drug-likeness (QED) is 0.0731. The lowest BCUT2D eigenvalue weighted by atomic mass is 9.93. The van der Waals surface area contributed by atoms with Crippen LogP contribution >= 0.6 is 56.7 Å². The molecule has 0 aliphatic heterocycles. The fourth-order valence-electron chi connectivity index (χ4n) is 6.71. The highest BCUT2D eigenvalue weighted by molar-refractivity contribution is 7.23. The maximum atomic E-state index is 12.5. The van der Waals surface area contributed by atoms with Gasteiger partial charge in [0, 0.05) is 67.0 Å². The van der Waals surface area contributed by atoms with Gasteiger partial charge in [0.2, 0.25) is 0 Å². The maximum Gasteiger partial charge on any atom is 0.347 e. The number of hydrogen-bond donors (Lipinski definition) is 4. The molecule has 0 unspecified atom stereocenters. The average molecular weight is 1200 g/mol. The van der Waals surface area contributed by atoms with Crippen LogP contribution in [-0.2, 0) is 10.8 Å². The van der Waals surface area contributed by atoms with Crippen LogP contribution in [0.3, 0.4) is 0 Å². The van der Waals surface area contributed by atoms with Crippen molar-refractivity contribution in [2.75, 3.05) is 51.8 Å². The standard InChI is InChI=1S/C18H19N3O5S.C18H19N3O4S2.C17H17N3O4S2.CH4/c1-9(22)10-6-12-11(25-16(10)23)7-15(27-12)21(5)17(24)19-14-8-13(26-20-14)18(2,3)4;1-9(22)10-6-12-11(25-15(10)23)7-14(27-12)21(5)17(24)20-16-19-13(8-26-16)18(2,3)4;1-8(2)11-7-25-16(18-11)19-17(23)20(4)14-6-12-13(26-14)5-10(9(3)21)15(22)24-12;/h6-8H,1-5H3,(H,19,20,24);6-8,22H,1H2,2-5H3,(H,19,20,24);5-8H,1-4H3,(H,18,19,23);1H4. The summed E-state index contributed by atoms with van der Waals surface area (Å²) < 4.78 is 22.6. The molecule has 0 aliphatic carbocycles. The number of hydrogen-bond acceptors (Lipinski definition) is 21. The minimum absolute atomic E-state index is 0. The molecule has 0 aliphatic rings. The highest BCUT2D eigenvalue weighted by Gasteiger charge is 2.25. The molecule has 0 saturated carbocycles. The van der Waals surface area contributed by atoms with Gasteiger partial charge in [-0.05, 0) is 38.0 Å². The number of ketones is 2. The fraction of sp³-hybridized carbons (Fsp3) is 0.315. The Hall–Kier alpha value is -8.11. The molecule has 81 heavy (non-hydrogen) atoms. The number of aliphatic hydroxyl groups is 1. The van der Waals surface area contributed by atoms with Crippen molar-refractivity contribution in [3.63, 3.8) is 0 Å². The van der Waals surface area contributed by atoms with Crippen LogP contribution in [0.2, 0.25) is 0 Å². The summed E-state index contributed by atoms with van der Waals surface area (Å²) in [6.07, 6.45) is 0. The Morgan fingerprint density at radius 2 is 0.988 bits per heavy atom. The molecule has 6 amide bonds. The van der Waals surface area contributed by atoms with Crippen LogP contribution in [0, 0.1) is 0 Å². The van der Waals surface area contributed by atoms with Crippen LogP contribution < -0.4 is 47.5 Å². The molecule has 9 rings (SSSR count). The Kier molecular flexibility index (Phi) is 19.0. The van der Waals surface area contributed by atoms with Gasteiger partial charge in [0.1, 0.15) is 43.2 Å². The summed E-state index contributed by atoms with van der Waals surface area (Å²) >= 11 is 6.48. The fourth-order valence-corrected chi connectivity index (χ4v) is 11.5. The number of fused-ring (bicyclic) bond motifs is 3. The first-order valence-corrected chi connectivity index (χ1v) is 28.2. The third kappa shape index (κ3) is 14.6. The number of aromatic nitrogens is 3. The molecule has 4 N–H and O–H groups in total. The third-order valence-corrected chi connectivity index (χ3v) is 16.5. The normalized spacial score (nSPS) is 11.3. The van der Waals surface area contributed by atoms with Gasteiger partial charge in [0.05, 0.1) is 25.5 Å². The molecule has 9 heterocycles. The predicted octanol–water partition coefficient (Wildman–Crippen LogP) is 13.8. The molecule has 0 spiro atoms. The highest BCUT2D eigenvalue weighted by Crippen LogP contribution is 2.36. The van der Waals surface area contributed by atoms with Crippen LogP contribution in [0.1, 0.15) is 126 Å². The number of Topliss-reactive ketones (excluding diaryl/α,β-unsaturated/α-hetero) is 2. The van der Waals surface area contributed by atoms with Crippen LogP contribution in [-0.4, -0.2) is 71.0 Å². The number of urea groups is 3. The van der Waals surface area contributed by atoms with E-state index in [1.54, 1.807) is 45.4 Å². The molecule has 0 aromatic carbocycles. The summed E-state index contributed by atoms with van der Waals surface area (Å²) in [7, 11) is 4.80. The Labute approximate surface area is 483 Å². The first kappa shape index (κ1) is 62.1. The van der Waals surface area contributed by atoms with E-state index >= 15 is 0 Å². The predicted molar refractivity (Wildman–Crippen MR) is 324 cm³/mol. The van der Waals surface area contributed by atoms with E-state index in [1.165, 1.54) is 103 Å². The Morgan fingerprint density at radius 1 is 0.593 bits per heavy atom. The summed E-state index contributed by atoms with van der Waals surface area (Å²) in [5.41, 5.74) is 0.466. The molecular weight excluding hydrogens is 1140 g/mol. The van der Waals surface area contributed by atoms with E-state index in [0.29, 0.717) is 67.7 Å². The van der Waals surface area contributed by atoms with E-state index in [4.69, 9.17) is 17.8 Å². The van der Waals surface area contributed by atoms with Crippen LogP contribution in [0.4, 0.5) is 45.5 Å². The van der Waals surface area contributed by atoms with Gasteiger partial charge in [-0.3, -0.25) is 40.2 Å². The highest BCUT2D eigenvalue weighted by atomic mass is 32.1. The number of carbonyl (C=O) groups excluding carboxylic acids is 5. The molecule has 0 saturated heterocycles. The van der Waals surface area contributed by atoms with Gasteiger partial charge < -0.3 is 22.9 Å². The smallest absolute Gasteiger partial charge is 0.347 e. The topological polar surface area (TPSA) is 294 Å². The van der Waals surface area contributed by atoms with E-state index in [9.17, 15) is 43.5 Å². The monoisotopic (exact) mass is 1200 g/mol. The molecule has 0 bridgehead atoms. The van der Waals surface area contributed by atoms with E-state index in [0.717, 1.165) is 11.4 Å². The third-order valence-electron chi connectivity index (χ3n) is 11.5. The van der Waals surface area contributed by atoms with Crippen molar-refractivity contribution in [2.24, 2.45) is 0 Å². The molecular formula is C54H59N9O13S5. The van der Waals surface area contributed by atoms with E-state index in [2.05, 4.69) is 58.4 Å². The summed E-state index contributed by atoms with van der Waals surface area (Å²) in [5.74, 6) is 0.170. The SMILES string of the molecule is C.C=C(O)c1cc2sc(N(C)C(=O)Nc3nc(C(C)(C)C)cs3)cc2oc1=O.CC(=O)c1cc2sc(N(C)C(=O)Nc3cc(C(C)(C)C)on3)cc2oc1=O.CC(=O)c1cc2sc(N(C)C(=O)Nc3nc(C(C)C)cs3)cc2oc1=O.